The summed E-state index contributed by atoms with van der Waals surface area (Å²) in [6.07, 6.45) is 4.00. The van der Waals surface area contributed by atoms with Crippen LogP contribution in [-0.4, -0.2) is 17.4 Å². The number of hydrogen-bond donors (Lipinski definition) is 0. The number of pyridine rings is 1. The van der Waals surface area contributed by atoms with Gasteiger partial charge in [-0.3, -0.25) is 9.78 Å². The summed E-state index contributed by atoms with van der Waals surface area (Å²) in [7, 11) is 0. The van der Waals surface area contributed by atoms with Crippen LogP contribution in [0.4, 0.5) is 0 Å². The van der Waals surface area contributed by atoms with Crippen molar-refractivity contribution in [1.82, 2.24) is 4.98 Å². The summed E-state index contributed by atoms with van der Waals surface area (Å²) >= 11 is 0. The van der Waals surface area contributed by atoms with Gasteiger partial charge in [-0.05, 0) is 31.0 Å². The predicted octanol–water partition coefficient (Wildman–Crippen LogP) is 3.28. The highest BCUT2D eigenvalue weighted by atomic mass is 16.5. The lowest BCUT2D eigenvalue weighted by Gasteiger charge is -2.06. The second-order valence-electron chi connectivity index (χ2n) is 4.42. The summed E-state index contributed by atoms with van der Waals surface area (Å²) in [5.41, 5.74) is 3.12. The van der Waals surface area contributed by atoms with Crippen LogP contribution in [0.5, 0.6) is 5.75 Å². The normalized spacial score (nSPS) is 10.2. The Morgan fingerprint density at radius 1 is 1.16 bits per heavy atom. The molecule has 1 heterocycles. The Balaban J connectivity index is 2.21. The average molecular weight is 255 g/mol. The van der Waals surface area contributed by atoms with Gasteiger partial charge in [-0.1, -0.05) is 24.3 Å². The number of carbonyl (C=O) groups excluding carboxylic acids is 1. The number of hydrogen-bond acceptors (Lipinski definition) is 3. The van der Waals surface area contributed by atoms with Crippen molar-refractivity contribution in [2.24, 2.45) is 0 Å². The van der Waals surface area contributed by atoms with E-state index in [1.807, 2.05) is 43.5 Å². The second-order valence-corrected chi connectivity index (χ2v) is 4.42. The fraction of sp³-hybridized carbons (Fsp3) is 0.250. The Labute approximate surface area is 113 Å². The molecule has 0 aliphatic rings. The lowest BCUT2D eigenvalue weighted by Crippen LogP contribution is -1.96. The van der Waals surface area contributed by atoms with Gasteiger partial charge in [-0.25, -0.2) is 0 Å². The molecule has 3 nitrogen and oxygen atoms in total. The molecular weight excluding hydrogens is 238 g/mol. The van der Waals surface area contributed by atoms with E-state index in [1.54, 1.807) is 13.1 Å². The van der Waals surface area contributed by atoms with Crippen LogP contribution in [0, 0.1) is 0 Å². The maximum atomic E-state index is 11.1. The highest BCUT2D eigenvalue weighted by Gasteiger charge is 2.02. The summed E-state index contributed by atoms with van der Waals surface area (Å²) in [5, 5.41) is 0. The van der Waals surface area contributed by atoms with E-state index < -0.39 is 0 Å². The molecule has 0 bridgehead atoms. The Hall–Kier alpha value is -2.16. The van der Waals surface area contributed by atoms with Crippen LogP contribution in [0.25, 0.3) is 11.1 Å². The third-order valence-electron chi connectivity index (χ3n) is 2.76. The molecule has 0 aliphatic carbocycles. The molecule has 0 amide bonds. The molecule has 2 aromatic rings. The van der Waals surface area contributed by atoms with Crippen molar-refractivity contribution in [2.45, 2.75) is 20.3 Å². The number of ether oxygens (including phenoxy) is 1. The van der Waals surface area contributed by atoms with Gasteiger partial charge in [0.05, 0.1) is 12.8 Å². The van der Waals surface area contributed by atoms with E-state index in [2.05, 4.69) is 4.98 Å². The number of benzene rings is 1. The SMILES string of the molecule is CCOc1cncc(-c2ccc(CC(C)=O)cc2)c1. The zero-order chi connectivity index (χ0) is 13.7. The Morgan fingerprint density at radius 3 is 2.53 bits per heavy atom. The van der Waals surface area contributed by atoms with Crippen molar-refractivity contribution in [2.75, 3.05) is 6.61 Å². The van der Waals surface area contributed by atoms with Crippen LogP contribution in [0.3, 0.4) is 0 Å². The van der Waals surface area contributed by atoms with Gasteiger partial charge in [0.2, 0.25) is 0 Å². The molecule has 1 aromatic carbocycles. The molecule has 0 radical (unpaired) electrons. The maximum Gasteiger partial charge on any atom is 0.138 e. The van der Waals surface area contributed by atoms with Crippen LogP contribution in [0.15, 0.2) is 42.7 Å². The second kappa shape index (κ2) is 6.14. The Morgan fingerprint density at radius 2 is 1.89 bits per heavy atom. The van der Waals surface area contributed by atoms with Gasteiger partial charge < -0.3 is 4.74 Å². The van der Waals surface area contributed by atoms with Crippen LogP contribution < -0.4 is 4.74 Å². The van der Waals surface area contributed by atoms with Crippen LogP contribution in [-0.2, 0) is 11.2 Å². The maximum absolute atomic E-state index is 11.1. The zero-order valence-corrected chi connectivity index (χ0v) is 11.2. The lowest BCUT2D eigenvalue weighted by atomic mass is 10.0. The zero-order valence-electron chi connectivity index (χ0n) is 11.2. The summed E-state index contributed by atoms with van der Waals surface area (Å²) in [5.74, 6) is 0.945. The van der Waals surface area contributed by atoms with Crippen LogP contribution >= 0.6 is 0 Å². The van der Waals surface area contributed by atoms with Gasteiger partial charge in [0.25, 0.3) is 0 Å². The van der Waals surface area contributed by atoms with Gasteiger partial charge in [-0.2, -0.15) is 0 Å². The standard InChI is InChI=1S/C16H17NO2/c1-3-19-16-9-15(10-17-11-16)14-6-4-13(5-7-14)8-12(2)18/h4-7,9-11H,3,8H2,1-2H3. The summed E-state index contributed by atoms with van der Waals surface area (Å²) < 4.78 is 5.44. The smallest absolute Gasteiger partial charge is 0.138 e. The summed E-state index contributed by atoms with van der Waals surface area (Å²) in [6.45, 7) is 4.18. The molecule has 1 aromatic heterocycles. The minimum absolute atomic E-state index is 0.174. The topological polar surface area (TPSA) is 39.2 Å². The van der Waals surface area contributed by atoms with Gasteiger partial charge in [-0.15, -0.1) is 0 Å². The molecule has 2 rings (SSSR count). The van der Waals surface area contributed by atoms with E-state index in [-0.39, 0.29) is 5.78 Å². The molecule has 0 aliphatic heterocycles. The molecular formula is C16H17NO2. The first-order valence-corrected chi connectivity index (χ1v) is 6.35. The largest absolute Gasteiger partial charge is 0.492 e. The fourth-order valence-corrected chi connectivity index (χ4v) is 1.92. The van der Waals surface area contributed by atoms with Crippen molar-refractivity contribution < 1.29 is 9.53 Å². The third-order valence-corrected chi connectivity index (χ3v) is 2.76. The van der Waals surface area contributed by atoms with E-state index in [4.69, 9.17) is 4.74 Å². The minimum Gasteiger partial charge on any atom is -0.492 e. The number of carbonyl (C=O) groups is 1. The molecule has 3 heteroatoms. The van der Waals surface area contributed by atoms with E-state index >= 15 is 0 Å². The van der Waals surface area contributed by atoms with Crippen molar-refractivity contribution in [1.29, 1.82) is 0 Å². The summed E-state index contributed by atoms with van der Waals surface area (Å²) in [6, 6.07) is 9.93. The molecule has 0 fully saturated rings. The Bertz CT molecular complexity index is 561. The van der Waals surface area contributed by atoms with Gasteiger partial charge in [0.1, 0.15) is 11.5 Å². The van der Waals surface area contributed by atoms with Crippen molar-refractivity contribution in [3.05, 3.63) is 48.3 Å². The summed E-state index contributed by atoms with van der Waals surface area (Å²) in [4.78, 5) is 15.2. The van der Waals surface area contributed by atoms with Crippen LogP contribution in [0.1, 0.15) is 19.4 Å². The molecule has 19 heavy (non-hydrogen) atoms. The lowest BCUT2D eigenvalue weighted by molar-refractivity contribution is -0.116. The monoisotopic (exact) mass is 255 g/mol. The van der Waals surface area contributed by atoms with Crippen molar-refractivity contribution in [3.8, 4) is 16.9 Å². The molecule has 0 saturated carbocycles. The molecule has 0 spiro atoms. The van der Waals surface area contributed by atoms with Crippen molar-refractivity contribution >= 4 is 5.78 Å². The van der Waals surface area contributed by atoms with Gasteiger partial charge >= 0.3 is 0 Å². The fourth-order valence-electron chi connectivity index (χ4n) is 1.92. The first-order valence-electron chi connectivity index (χ1n) is 6.35. The number of nitrogens with zero attached hydrogens (tertiary/aromatic N) is 1. The number of rotatable bonds is 5. The number of aromatic nitrogens is 1. The number of ketones is 1. The van der Waals surface area contributed by atoms with Crippen LogP contribution in [0.2, 0.25) is 0 Å². The minimum atomic E-state index is 0.174. The first kappa shape index (κ1) is 13.3. The van der Waals surface area contributed by atoms with E-state index in [9.17, 15) is 4.79 Å². The quantitative estimate of drug-likeness (QED) is 0.823. The van der Waals surface area contributed by atoms with E-state index in [0.29, 0.717) is 13.0 Å². The highest BCUT2D eigenvalue weighted by molar-refractivity contribution is 5.78. The van der Waals surface area contributed by atoms with Gasteiger partial charge in [0, 0.05) is 18.2 Å². The molecule has 0 atom stereocenters. The van der Waals surface area contributed by atoms with E-state index in [1.165, 1.54) is 0 Å². The van der Waals surface area contributed by atoms with Crippen molar-refractivity contribution in [3.63, 3.8) is 0 Å². The first-order chi connectivity index (χ1) is 9.19. The van der Waals surface area contributed by atoms with Gasteiger partial charge in [0.15, 0.2) is 0 Å². The van der Waals surface area contributed by atoms with E-state index in [0.717, 1.165) is 22.4 Å². The third kappa shape index (κ3) is 3.65. The molecule has 98 valence electrons. The molecule has 0 saturated heterocycles. The average Bonchev–Trinajstić information content (AvgIpc) is 2.40. The Kier molecular flexibility index (Phi) is 4.29. The number of Topliss-reactive ketones (excluding diaryl/α,β-unsaturated/α-hetero) is 1. The predicted molar refractivity (Wildman–Crippen MR) is 75.2 cm³/mol. The molecule has 0 N–H and O–H groups in total. The molecule has 0 unspecified atom stereocenters. The highest BCUT2D eigenvalue weighted by Crippen LogP contribution is 2.23.